The van der Waals surface area contributed by atoms with E-state index in [0.717, 1.165) is 19.3 Å². The maximum absolute atomic E-state index is 12.7. The molecule has 1 atom stereocenters. The van der Waals surface area contributed by atoms with E-state index in [4.69, 9.17) is 0 Å². The number of benzene rings is 1. The molecule has 4 heteroatoms. The molecule has 0 aliphatic carbocycles. The third kappa shape index (κ3) is 3.70. The first-order valence-corrected chi connectivity index (χ1v) is 8.32. The molecule has 0 spiro atoms. The lowest BCUT2D eigenvalue weighted by molar-refractivity contribution is 0.0743. The molecule has 4 nitrogen and oxygen atoms in total. The van der Waals surface area contributed by atoms with Gasteiger partial charge < -0.3 is 4.90 Å². The Morgan fingerprint density at radius 1 is 1.30 bits per heavy atom. The number of carbonyl (C=O) groups excluding carboxylic acids is 1. The monoisotopic (exact) mass is 309 g/mol. The summed E-state index contributed by atoms with van der Waals surface area (Å²) >= 11 is 0. The highest BCUT2D eigenvalue weighted by atomic mass is 16.2. The summed E-state index contributed by atoms with van der Waals surface area (Å²) < 4.78 is 1.83. The van der Waals surface area contributed by atoms with E-state index in [1.165, 1.54) is 5.56 Å². The minimum absolute atomic E-state index is 0.0791. The van der Waals surface area contributed by atoms with Crippen LogP contribution < -0.4 is 0 Å². The Morgan fingerprint density at radius 2 is 2.13 bits per heavy atom. The van der Waals surface area contributed by atoms with Crippen LogP contribution in [-0.2, 0) is 6.54 Å². The van der Waals surface area contributed by atoms with E-state index in [-0.39, 0.29) is 11.9 Å². The second-order valence-corrected chi connectivity index (χ2v) is 6.01. The molecule has 0 saturated heterocycles. The van der Waals surface area contributed by atoms with Crippen molar-refractivity contribution in [3.05, 3.63) is 66.0 Å². The highest BCUT2D eigenvalue weighted by Gasteiger charge is 2.25. The summed E-state index contributed by atoms with van der Waals surface area (Å²) in [5.41, 5.74) is 1.85. The van der Waals surface area contributed by atoms with Crippen molar-refractivity contribution < 1.29 is 4.79 Å². The van der Waals surface area contributed by atoms with Crippen molar-refractivity contribution in [2.24, 2.45) is 0 Å². The Hall–Kier alpha value is -2.36. The molecule has 0 radical (unpaired) electrons. The molecule has 2 aromatic rings. The van der Waals surface area contributed by atoms with Gasteiger partial charge in [-0.25, -0.2) is 0 Å². The van der Waals surface area contributed by atoms with Crippen LogP contribution in [0.15, 0.2) is 54.9 Å². The molecule has 2 heterocycles. The summed E-state index contributed by atoms with van der Waals surface area (Å²) in [5, 5.41) is 4.34. The Labute approximate surface area is 137 Å². The largest absolute Gasteiger partial charge is 0.328 e. The number of aromatic nitrogens is 2. The first-order chi connectivity index (χ1) is 11.3. The molecule has 0 N–H and O–H groups in total. The molecule has 0 saturated carbocycles. The van der Waals surface area contributed by atoms with Gasteiger partial charge in [0.05, 0.1) is 24.3 Å². The maximum atomic E-state index is 12.7. The van der Waals surface area contributed by atoms with Gasteiger partial charge in [-0.1, -0.05) is 62.2 Å². The smallest absolute Gasteiger partial charge is 0.257 e. The van der Waals surface area contributed by atoms with Crippen molar-refractivity contribution in [3.63, 3.8) is 0 Å². The summed E-state index contributed by atoms with van der Waals surface area (Å²) in [5.74, 6) is 0.0791. The highest BCUT2D eigenvalue weighted by molar-refractivity contribution is 5.94. The average molecular weight is 309 g/mol. The van der Waals surface area contributed by atoms with Gasteiger partial charge in [0.15, 0.2) is 0 Å². The third-order valence-corrected chi connectivity index (χ3v) is 4.24. The van der Waals surface area contributed by atoms with Crippen LogP contribution in [0.2, 0.25) is 0 Å². The Bertz CT molecular complexity index is 675. The maximum Gasteiger partial charge on any atom is 0.257 e. The zero-order chi connectivity index (χ0) is 16.1. The van der Waals surface area contributed by atoms with E-state index in [2.05, 4.69) is 36.3 Å². The van der Waals surface area contributed by atoms with Crippen molar-refractivity contribution in [3.8, 4) is 0 Å². The van der Waals surface area contributed by atoms with Gasteiger partial charge in [-0.15, -0.1) is 0 Å². The topological polar surface area (TPSA) is 38.1 Å². The first-order valence-electron chi connectivity index (χ1n) is 8.32. The van der Waals surface area contributed by atoms with Crippen molar-refractivity contribution in [1.29, 1.82) is 0 Å². The minimum Gasteiger partial charge on any atom is -0.328 e. The number of hydrogen-bond donors (Lipinski definition) is 0. The van der Waals surface area contributed by atoms with Gasteiger partial charge in [0, 0.05) is 12.7 Å². The molecule has 1 aromatic carbocycles. The Kier molecular flexibility index (Phi) is 4.91. The average Bonchev–Trinajstić information content (AvgIpc) is 3.22. The number of rotatable bonds is 6. The molecule has 3 rings (SSSR count). The van der Waals surface area contributed by atoms with Gasteiger partial charge >= 0.3 is 0 Å². The van der Waals surface area contributed by atoms with E-state index in [0.29, 0.717) is 18.7 Å². The predicted molar refractivity (Wildman–Crippen MR) is 91.3 cm³/mol. The number of hydrogen-bond acceptors (Lipinski definition) is 2. The summed E-state index contributed by atoms with van der Waals surface area (Å²) in [6.45, 7) is 3.57. The lowest BCUT2D eigenvalue weighted by Gasteiger charge is -2.24. The zero-order valence-corrected chi connectivity index (χ0v) is 13.6. The quantitative estimate of drug-likeness (QED) is 0.766. The predicted octanol–water partition coefficient (Wildman–Crippen LogP) is 3.50. The van der Waals surface area contributed by atoms with Crippen LogP contribution in [0, 0.1) is 0 Å². The van der Waals surface area contributed by atoms with E-state index in [1.807, 2.05) is 34.0 Å². The lowest BCUT2D eigenvalue weighted by Crippen LogP contribution is -2.35. The second-order valence-electron chi connectivity index (χ2n) is 6.01. The van der Waals surface area contributed by atoms with Crippen LogP contribution in [0.25, 0.3) is 0 Å². The normalized spacial score (nSPS) is 16.9. The van der Waals surface area contributed by atoms with Crippen LogP contribution in [0.5, 0.6) is 0 Å². The summed E-state index contributed by atoms with van der Waals surface area (Å²) in [4.78, 5) is 14.7. The van der Waals surface area contributed by atoms with Crippen molar-refractivity contribution in [2.45, 2.75) is 38.8 Å². The number of amides is 1. The van der Waals surface area contributed by atoms with Gasteiger partial charge in [-0.3, -0.25) is 9.48 Å². The summed E-state index contributed by atoms with van der Waals surface area (Å²) in [6.07, 6.45) is 11.1. The fraction of sp³-hybridized carbons (Fsp3) is 0.368. The van der Waals surface area contributed by atoms with Crippen molar-refractivity contribution >= 4 is 5.91 Å². The summed E-state index contributed by atoms with van der Waals surface area (Å²) in [6, 6.07) is 10.4. The fourth-order valence-electron chi connectivity index (χ4n) is 2.97. The number of unbranched alkanes of at least 4 members (excludes halogenated alkanes) is 1. The molecule has 1 aliphatic rings. The van der Waals surface area contributed by atoms with E-state index >= 15 is 0 Å². The minimum atomic E-state index is 0.0791. The van der Waals surface area contributed by atoms with E-state index < -0.39 is 0 Å². The Morgan fingerprint density at radius 3 is 2.91 bits per heavy atom. The molecular formula is C19H23N3O. The van der Waals surface area contributed by atoms with Gasteiger partial charge in [-0.2, -0.15) is 5.10 Å². The molecule has 1 aromatic heterocycles. The molecule has 0 bridgehead atoms. The lowest BCUT2D eigenvalue weighted by atomic mass is 10.1. The second kappa shape index (κ2) is 7.27. The van der Waals surface area contributed by atoms with Gasteiger partial charge in [0.25, 0.3) is 5.91 Å². The van der Waals surface area contributed by atoms with E-state index in [1.54, 1.807) is 6.20 Å². The number of carbonyl (C=O) groups is 1. The molecule has 0 unspecified atom stereocenters. The fourth-order valence-corrected chi connectivity index (χ4v) is 2.97. The van der Waals surface area contributed by atoms with Crippen LogP contribution in [0.1, 0.15) is 42.1 Å². The molecule has 1 amide bonds. The SMILES string of the molecule is CCCC[C@@H]1C=CCN1C(=O)c1cnn(Cc2ccccc2)c1. The number of nitrogens with zero attached hydrogens (tertiary/aromatic N) is 3. The van der Waals surface area contributed by atoms with Crippen LogP contribution in [0.3, 0.4) is 0 Å². The van der Waals surface area contributed by atoms with Crippen molar-refractivity contribution in [2.75, 3.05) is 6.54 Å². The van der Waals surface area contributed by atoms with Gasteiger partial charge in [-0.05, 0) is 12.0 Å². The molecule has 1 aliphatic heterocycles. The third-order valence-electron chi connectivity index (χ3n) is 4.24. The van der Waals surface area contributed by atoms with Crippen molar-refractivity contribution in [1.82, 2.24) is 14.7 Å². The van der Waals surface area contributed by atoms with Crippen LogP contribution in [0.4, 0.5) is 0 Å². The molecular weight excluding hydrogens is 286 g/mol. The van der Waals surface area contributed by atoms with Crippen LogP contribution >= 0.6 is 0 Å². The van der Waals surface area contributed by atoms with E-state index in [9.17, 15) is 4.79 Å². The summed E-state index contributed by atoms with van der Waals surface area (Å²) in [7, 11) is 0. The Balaban J connectivity index is 1.66. The van der Waals surface area contributed by atoms with Gasteiger partial charge in [0.2, 0.25) is 0 Å². The zero-order valence-electron chi connectivity index (χ0n) is 13.6. The molecule has 120 valence electrons. The standard InChI is InChI=1S/C19H23N3O/c1-2-3-10-18-11-7-12-22(18)19(23)17-13-20-21(15-17)14-16-8-5-4-6-9-16/h4-9,11,13,15,18H,2-3,10,12,14H2,1H3/t18-/m1/s1. The highest BCUT2D eigenvalue weighted by Crippen LogP contribution is 2.19. The molecule has 23 heavy (non-hydrogen) atoms. The molecule has 0 fully saturated rings. The first kappa shape index (κ1) is 15.5. The van der Waals surface area contributed by atoms with Gasteiger partial charge in [0.1, 0.15) is 0 Å². The van der Waals surface area contributed by atoms with Crippen LogP contribution in [-0.4, -0.2) is 33.2 Å².